The first-order chi connectivity index (χ1) is 11.5. The lowest BCUT2D eigenvalue weighted by Gasteiger charge is -2.15. The van der Waals surface area contributed by atoms with Crippen LogP contribution in [0.15, 0.2) is 58.3 Å². The maximum absolute atomic E-state index is 12.4. The summed E-state index contributed by atoms with van der Waals surface area (Å²) in [5.74, 6) is 0. The minimum atomic E-state index is -3.97. The lowest BCUT2D eigenvalue weighted by atomic mass is 10.1. The van der Waals surface area contributed by atoms with Crippen LogP contribution in [0.25, 0.3) is 0 Å². The number of non-ortho nitro benzene ring substituents is 1. The van der Waals surface area contributed by atoms with E-state index in [1.165, 1.54) is 42.5 Å². The van der Waals surface area contributed by atoms with Crippen LogP contribution in [0.3, 0.4) is 0 Å². The van der Waals surface area contributed by atoms with Crippen molar-refractivity contribution in [3.8, 4) is 0 Å². The number of nitro groups is 1. The number of benzene rings is 2. The molecule has 0 radical (unpaired) electrons. The zero-order chi connectivity index (χ0) is 18.8. The number of rotatable bonds is 6. The highest BCUT2D eigenvalue weighted by Gasteiger charge is 2.21. The van der Waals surface area contributed by atoms with Gasteiger partial charge in [0, 0.05) is 24.4 Å². The van der Waals surface area contributed by atoms with Crippen LogP contribution < -0.4 is 4.72 Å². The molecular weight excluding hydrogens is 368 g/mol. The summed E-state index contributed by atoms with van der Waals surface area (Å²) in [6.45, 7) is 1.59. The van der Waals surface area contributed by atoms with Crippen molar-refractivity contribution in [3.63, 3.8) is 0 Å². The molecule has 2 aromatic rings. The molecule has 1 N–H and O–H groups in total. The molecule has 2 rings (SSSR count). The molecule has 0 unspecified atom stereocenters. The van der Waals surface area contributed by atoms with E-state index in [1.807, 2.05) is 0 Å². The molecule has 0 saturated heterocycles. The standard InChI is InChI=1S/C15H16N2O6S2/c1-11(12-6-8-14(9-7-12)24(2,20)21)16-25(22,23)15-5-3-4-13(10-15)17(18)19/h3-11,16H,1-2H3/t11-/m1/s1. The third-order valence-electron chi connectivity index (χ3n) is 3.48. The molecule has 0 fully saturated rings. The van der Waals surface area contributed by atoms with Gasteiger partial charge in [0.15, 0.2) is 9.84 Å². The Labute approximate surface area is 145 Å². The Kier molecular flexibility index (Phi) is 5.26. The van der Waals surface area contributed by atoms with Gasteiger partial charge in [-0.1, -0.05) is 18.2 Å². The number of hydrogen-bond donors (Lipinski definition) is 1. The zero-order valence-corrected chi connectivity index (χ0v) is 15.0. The fourth-order valence-corrected chi connectivity index (χ4v) is 4.04. The summed E-state index contributed by atoms with van der Waals surface area (Å²) in [5.41, 5.74) is 0.231. The quantitative estimate of drug-likeness (QED) is 0.600. The molecule has 10 heteroatoms. The Hall–Kier alpha value is -2.30. The van der Waals surface area contributed by atoms with Crippen LogP contribution in [0.2, 0.25) is 0 Å². The third-order valence-corrected chi connectivity index (χ3v) is 6.15. The monoisotopic (exact) mass is 384 g/mol. The van der Waals surface area contributed by atoms with Gasteiger partial charge in [0.2, 0.25) is 10.0 Å². The number of hydrogen-bond acceptors (Lipinski definition) is 6. The first-order valence-electron chi connectivity index (χ1n) is 7.07. The SMILES string of the molecule is C[C@@H](NS(=O)(=O)c1cccc([N+](=O)[O-])c1)c1ccc(S(C)(=O)=O)cc1. The first-order valence-corrected chi connectivity index (χ1v) is 10.4. The second kappa shape index (κ2) is 6.90. The number of nitrogens with one attached hydrogen (secondary N) is 1. The molecule has 8 nitrogen and oxygen atoms in total. The van der Waals surface area contributed by atoms with Crippen molar-refractivity contribution in [1.82, 2.24) is 4.72 Å². The van der Waals surface area contributed by atoms with Crippen molar-refractivity contribution in [2.45, 2.75) is 22.8 Å². The van der Waals surface area contributed by atoms with Gasteiger partial charge in [-0.05, 0) is 30.7 Å². The number of sulfonamides is 1. The number of nitrogens with zero attached hydrogens (tertiary/aromatic N) is 1. The Morgan fingerprint density at radius 1 is 1.00 bits per heavy atom. The third kappa shape index (κ3) is 4.62. The maximum atomic E-state index is 12.4. The van der Waals surface area contributed by atoms with Gasteiger partial charge in [-0.15, -0.1) is 0 Å². The van der Waals surface area contributed by atoms with Gasteiger partial charge >= 0.3 is 0 Å². The Morgan fingerprint density at radius 3 is 2.12 bits per heavy atom. The molecule has 25 heavy (non-hydrogen) atoms. The van der Waals surface area contributed by atoms with E-state index in [9.17, 15) is 26.9 Å². The van der Waals surface area contributed by atoms with Gasteiger partial charge in [-0.2, -0.15) is 0 Å². The van der Waals surface area contributed by atoms with Gasteiger partial charge in [0.25, 0.3) is 5.69 Å². The molecule has 0 aliphatic heterocycles. The van der Waals surface area contributed by atoms with E-state index in [4.69, 9.17) is 0 Å². The predicted molar refractivity (Wildman–Crippen MR) is 91.4 cm³/mol. The molecule has 1 atom stereocenters. The minimum Gasteiger partial charge on any atom is -0.258 e. The molecule has 0 spiro atoms. The largest absolute Gasteiger partial charge is 0.270 e. The molecule has 0 saturated carbocycles. The second-order valence-electron chi connectivity index (χ2n) is 5.44. The van der Waals surface area contributed by atoms with Crippen LogP contribution in [-0.4, -0.2) is 28.0 Å². The van der Waals surface area contributed by atoms with E-state index in [2.05, 4.69) is 4.72 Å². The highest BCUT2D eigenvalue weighted by Crippen LogP contribution is 2.21. The predicted octanol–water partition coefficient (Wildman–Crippen LogP) is 2.04. The summed E-state index contributed by atoms with van der Waals surface area (Å²) in [6.07, 6.45) is 1.08. The first kappa shape index (κ1) is 19.0. The molecule has 0 amide bonds. The molecule has 2 aromatic carbocycles. The van der Waals surface area contributed by atoms with Crippen molar-refractivity contribution >= 4 is 25.5 Å². The molecular formula is C15H16N2O6S2. The normalized spacial score (nSPS) is 13.4. The molecule has 0 aromatic heterocycles. The van der Waals surface area contributed by atoms with Gasteiger partial charge < -0.3 is 0 Å². The summed E-state index contributed by atoms with van der Waals surface area (Å²) in [6, 6.07) is 9.87. The molecule has 0 aliphatic rings. The van der Waals surface area contributed by atoms with E-state index in [0.717, 1.165) is 12.3 Å². The van der Waals surface area contributed by atoms with Gasteiger partial charge in [-0.3, -0.25) is 10.1 Å². The Balaban J connectivity index is 2.25. The van der Waals surface area contributed by atoms with Crippen LogP contribution in [-0.2, 0) is 19.9 Å². The average molecular weight is 384 g/mol. The summed E-state index contributed by atoms with van der Waals surface area (Å²) < 4.78 is 50.1. The minimum absolute atomic E-state index is 0.130. The Bertz CT molecular complexity index is 999. The highest BCUT2D eigenvalue weighted by atomic mass is 32.2. The summed E-state index contributed by atoms with van der Waals surface area (Å²) in [7, 11) is -7.31. The second-order valence-corrected chi connectivity index (χ2v) is 9.17. The molecule has 0 bridgehead atoms. The highest BCUT2D eigenvalue weighted by molar-refractivity contribution is 7.90. The summed E-state index contributed by atoms with van der Waals surface area (Å²) >= 11 is 0. The van der Waals surface area contributed by atoms with Crippen molar-refractivity contribution < 1.29 is 21.8 Å². The van der Waals surface area contributed by atoms with Crippen molar-refractivity contribution in [2.75, 3.05) is 6.26 Å². The number of sulfone groups is 1. The van der Waals surface area contributed by atoms with E-state index in [1.54, 1.807) is 6.92 Å². The maximum Gasteiger partial charge on any atom is 0.270 e. The van der Waals surface area contributed by atoms with Crippen LogP contribution in [0.1, 0.15) is 18.5 Å². The Morgan fingerprint density at radius 2 is 1.60 bits per heavy atom. The van der Waals surface area contributed by atoms with Crippen LogP contribution in [0.5, 0.6) is 0 Å². The van der Waals surface area contributed by atoms with Crippen molar-refractivity contribution in [1.29, 1.82) is 0 Å². The average Bonchev–Trinajstić information content (AvgIpc) is 2.54. The lowest BCUT2D eigenvalue weighted by Crippen LogP contribution is -2.27. The van der Waals surface area contributed by atoms with Crippen LogP contribution in [0.4, 0.5) is 5.69 Å². The van der Waals surface area contributed by atoms with Crippen molar-refractivity contribution in [2.24, 2.45) is 0 Å². The van der Waals surface area contributed by atoms with E-state index in [0.29, 0.717) is 5.56 Å². The van der Waals surface area contributed by atoms with Crippen molar-refractivity contribution in [3.05, 3.63) is 64.2 Å². The lowest BCUT2D eigenvalue weighted by molar-refractivity contribution is -0.385. The molecule has 0 heterocycles. The smallest absolute Gasteiger partial charge is 0.258 e. The molecule has 134 valence electrons. The van der Waals surface area contributed by atoms with E-state index in [-0.39, 0.29) is 15.5 Å². The topological polar surface area (TPSA) is 123 Å². The number of nitro benzene ring substituents is 1. The van der Waals surface area contributed by atoms with Gasteiger partial charge in [0.1, 0.15) is 0 Å². The van der Waals surface area contributed by atoms with E-state index < -0.39 is 30.8 Å². The van der Waals surface area contributed by atoms with Gasteiger partial charge in [0.05, 0.1) is 14.7 Å². The van der Waals surface area contributed by atoms with Crippen LogP contribution >= 0.6 is 0 Å². The fourth-order valence-electron chi connectivity index (χ4n) is 2.14. The molecule has 0 aliphatic carbocycles. The summed E-state index contributed by atoms with van der Waals surface area (Å²) in [4.78, 5) is 10.0. The fraction of sp³-hybridized carbons (Fsp3) is 0.200. The van der Waals surface area contributed by atoms with Gasteiger partial charge in [-0.25, -0.2) is 21.6 Å². The van der Waals surface area contributed by atoms with E-state index >= 15 is 0 Å². The van der Waals surface area contributed by atoms with Crippen LogP contribution in [0, 0.1) is 10.1 Å². The summed E-state index contributed by atoms with van der Waals surface area (Å²) in [5, 5.41) is 10.8. The zero-order valence-electron chi connectivity index (χ0n) is 13.4.